The van der Waals surface area contributed by atoms with E-state index >= 15 is 0 Å². The molecule has 1 N–H and O–H groups in total. The fourth-order valence-electron chi connectivity index (χ4n) is 5.45. The summed E-state index contributed by atoms with van der Waals surface area (Å²) in [5.74, 6) is -2.56. The van der Waals surface area contributed by atoms with E-state index in [1.165, 1.54) is 6.92 Å². The van der Waals surface area contributed by atoms with Crippen LogP contribution in [0.25, 0.3) is 0 Å². The van der Waals surface area contributed by atoms with Gasteiger partial charge in [0.1, 0.15) is 37.0 Å². The molecule has 13 heteroatoms. The molecule has 3 aromatic carbocycles. The molecule has 0 amide bonds. The maximum Gasteiger partial charge on any atom is 0.338 e. The number of hydrogen-bond donors (Lipinski definition) is 1. The van der Waals surface area contributed by atoms with Crippen molar-refractivity contribution in [2.24, 2.45) is 0 Å². The average molecular weight is 709 g/mol. The zero-order valence-corrected chi connectivity index (χ0v) is 28.6. The molecule has 2 heterocycles. The molecule has 266 valence electrons. The highest BCUT2D eigenvalue weighted by Gasteiger charge is 2.53. The molecule has 0 bridgehead atoms. The molecule has 0 spiro atoms. The highest BCUT2D eigenvalue weighted by Crippen LogP contribution is 2.41. The van der Waals surface area contributed by atoms with Gasteiger partial charge in [0.05, 0.1) is 22.8 Å². The Morgan fingerprint density at radius 2 is 1.22 bits per heavy atom. The topological polar surface area (TPSA) is 153 Å². The number of thioether (sulfide) groups is 1. The first-order chi connectivity index (χ1) is 24.1. The van der Waals surface area contributed by atoms with E-state index in [-0.39, 0.29) is 36.9 Å². The number of carbonyl (C=O) groups excluding carboxylic acids is 4. The Hall–Kier alpha value is -4.27. The monoisotopic (exact) mass is 708 g/mol. The van der Waals surface area contributed by atoms with Crippen LogP contribution >= 0.6 is 11.8 Å². The zero-order chi connectivity index (χ0) is 35.6. The first kappa shape index (κ1) is 37.0. The fourth-order valence-corrected chi connectivity index (χ4v) is 7.00. The van der Waals surface area contributed by atoms with Gasteiger partial charge in [0, 0.05) is 12.2 Å². The number of rotatable bonds is 13. The molecule has 0 radical (unpaired) electrons. The Morgan fingerprint density at radius 1 is 0.720 bits per heavy atom. The Balaban J connectivity index is 1.45. The van der Waals surface area contributed by atoms with E-state index in [0.29, 0.717) is 5.56 Å². The van der Waals surface area contributed by atoms with E-state index in [2.05, 4.69) is 0 Å². The first-order valence-electron chi connectivity index (χ1n) is 16.3. The predicted octanol–water partition coefficient (Wildman–Crippen LogP) is 4.59. The minimum atomic E-state index is -1.23. The number of hydrogen-bond acceptors (Lipinski definition) is 13. The molecule has 0 aromatic heterocycles. The third kappa shape index (κ3) is 9.92. The number of ether oxygens (including phenoxy) is 7. The van der Waals surface area contributed by atoms with E-state index in [9.17, 15) is 24.3 Å². The summed E-state index contributed by atoms with van der Waals surface area (Å²) in [7, 11) is 0. The zero-order valence-electron chi connectivity index (χ0n) is 27.8. The largest absolute Gasteiger partial charge is 0.463 e. The van der Waals surface area contributed by atoms with Gasteiger partial charge in [0.25, 0.3) is 0 Å². The third-order valence-electron chi connectivity index (χ3n) is 7.84. The van der Waals surface area contributed by atoms with Gasteiger partial charge in [-0.1, -0.05) is 54.6 Å². The van der Waals surface area contributed by atoms with Crippen molar-refractivity contribution >= 4 is 35.6 Å². The quantitative estimate of drug-likeness (QED) is 0.195. The molecule has 50 heavy (non-hydrogen) atoms. The maximum absolute atomic E-state index is 13.5. The van der Waals surface area contributed by atoms with E-state index in [4.69, 9.17) is 33.2 Å². The number of aliphatic hydroxyl groups is 1. The van der Waals surface area contributed by atoms with Crippen LogP contribution in [0.15, 0.2) is 91.0 Å². The van der Waals surface area contributed by atoms with Crippen molar-refractivity contribution in [2.75, 3.05) is 13.2 Å². The molecular weight excluding hydrogens is 668 g/mol. The number of esters is 4. The van der Waals surface area contributed by atoms with Gasteiger partial charge in [-0.2, -0.15) is 0 Å². The summed E-state index contributed by atoms with van der Waals surface area (Å²) < 4.78 is 41.2. The summed E-state index contributed by atoms with van der Waals surface area (Å²) in [6, 6.07) is 24.9. The van der Waals surface area contributed by atoms with Crippen molar-refractivity contribution in [2.45, 2.75) is 80.8 Å². The normalized spacial score (nSPS) is 26.2. The number of aliphatic hydroxyl groups excluding tert-OH is 1. The van der Waals surface area contributed by atoms with Gasteiger partial charge in [-0.15, -0.1) is 11.8 Å². The lowest BCUT2D eigenvalue weighted by atomic mass is 10.1. The van der Waals surface area contributed by atoms with Crippen LogP contribution in [-0.2, 0) is 38.0 Å². The highest BCUT2D eigenvalue weighted by molar-refractivity contribution is 8.00. The van der Waals surface area contributed by atoms with Gasteiger partial charge in [-0.3, -0.25) is 4.79 Å². The van der Waals surface area contributed by atoms with Crippen LogP contribution in [0, 0.1) is 0 Å². The van der Waals surface area contributed by atoms with Gasteiger partial charge < -0.3 is 38.3 Å². The first-order valence-corrected chi connectivity index (χ1v) is 17.2. The second kappa shape index (κ2) is 17.6. The van der Waals surface area contributed by atoms with Crippen molar-refractivity contribution in [3.63, 3.8) is 0 Å². The van der Waals surface area contributed by atoms with Crippen LogP contribution in [0.3, 0.4) is 0 Å². The van der Waals surface area contributed by atoms with Crippen molar-refractivity contribution in [1.82, 2.24) is 0 Å². The summed E-state index contributed by atoms with van der Waals surface area (Å²) in [5.41, 5.74) is -0.208. The smallest absolute Gasteiger partial charge is 0.338 e. The van der Waals surface area contributed by atoms with Crippen molar-refractivity contribution in [1.29, 1.82) is 0 Å². The Bertz CT molecular complexity index is 1570. The summed E-state index contributed by atoms with van der Waals surface area (Å²) in [6.45, 7) is 4.38. The molecule has 0 saturated carbocycles. The van der Waals surface area contributed by atoms with Crippen LogP contribution in [-0.4, -0.2) is 95.8 Å². The summed E-state index contributed by atoms with van der Waals surface area (Å²) in [4.78, 5) is 51.6. The van der Waals surface area contributed by atoms with Crippen molar-refractivity contribution in [3.05, 3.63) is 108 Å². The van der Waals surface area contributed by atoms with Crippen LogP contribution in [0.4, 0.5) is 0 Å². The molecule has 0 unspecified atom stereocenters. The molecule has 2 aliphatic rings. The van der Waals surface area contributed by atoms with E-state index in [1.807, 2.05) is 0 Å². The van der Waals surface area contributed by atoms with E-state index in [0.717, 1.165) is 11.8 Å². The van der Waals surface area contributed by atoms with Gasteiger partial charge >= 0.3 is 23.9 Å². The van der Waals surface area contributed by atoms with Gasteiger partial charge in [-0.25, -0.2) is 14.4 Å². The second-order valence-electron chi connectivity index (χ2n) is 12.0. The minimum absolute atomic E-state index is 0.134. The van der Waals surface area contributed by atoms with Gasteiger partial charge in [0.2, 0.25) is 0 Å². The summed E-state index contributed by atoms with van der Waals surface area (Å²) >= 11 is 1.16. The lowest BCUT2D eigenvalue weighted by Crippen LogP contribution is -2.50. The molecule has 2 fully saturated rings. The van der Waals surface area contributed by atoms with E-state index < -0.39 is 71.4 Å². The molecular formula is C37H40O12S. The summed E-state index contributed by atoms with van der Waals surface area (Å²) in [5, 5.41) is 10.4. The Morgan fingerprint density at radius 3 is 1.74 bits per heavy atom. The fraction of sp³-hybridized carbons (Fsp3) is 0.405. The maximum atomic E-state index is 13.5. The Kier molecular flexibility index (Phi) is 13.0. The second-order valence-corrected chi connectivity index (χ2v) is 13.3. The lowest BCUT2D eigenvalue weighted by molar-refractivity contribution is -0.255. The molecule has 2 aliphatic heterocycles. The predicted molar refractivity (Wildman–Crippen MR) is 180 cm³/mol. The van der Waals surface area contributed by atoms with Gasteiger partial charge in [-0.05, 0) is 56.7 Å². The molecule has 0 aliphatic carbocycles. The molecule has 5 rings (SSSR count). The minimum Gasteiger partial charge on any atom is -0.463 e. The standard InChI is InChI=1S/C37H40O12S/c1-22(2)45-36-27(39)19-30(28(46-36)20-43-23(3)38)50-37-32(49-35(42)26-17-11-6-12-18-26)31(48-34(41)25-15-9-5-10-16-25)29(47-37)21-44-33(40)24-13-7-4-8-14-24/h4-18,22,27-32,36-37,39H,19-21H2,1-3H3/t27-,28+,29+,30+,31+,32+,36-,37-/m0/s1. The molecule has 3 aromatic rings. The average Bonchev–Trinajstić information content (AvgIpc) is 3.42. The SMILES string of the molecule is CC(=O)OC[C@H]1O[C@H](OC(C)C)[C@@H](O)C[C@H]1S[C@@H]1O[C@H](COC(=O)c2ccccc2)[C@@H](OC(=O)c2ccccc2)[C@H]1OC(=O)c1ccccc1. The van der Waals surface area contributed by atoms with Crippen LogP contribution in [0.2, 0.25) is 0 Å². The van der Waals surface area contributed by atoms with Crippen molar-refractivity contribution < 1.29 is 57.4 Å². The molecule has 8 atom stereocenters. The number of benzene rings is 3. The Labute approximate surface area is 294 Å². The van der Waals surface area contributed by atoms with Crippen LogP contribution < -0.4 is 0 Å². The molecule has 2 saturated heterocycles. The van der Waals surface area contributed by atoms with Crippen LogP contribution in [0.1, 0.15) is 58.3 Å². The van der Waals surface area contributed by atoms with Crippen LogP contribution in [0.5, 0.6) is 0 Å². The lowest BCUT2D eigenvalue weighted by Gasteiger charge is -2.40. The third-order valence-corrected chi connectivity index (χ3v) is 9.33. The molecule has 12 nitrogen and oxygen atoms in total. The highest BCUT2D eigenvalue weighted by atomic mass is 32.2. The number of carbonyl (C=O) groups is 4. The van der Waals surface area contributed by atoms with Crippen molar-refractivity contribution in [3.8, 4) is 0 Å². The summed E-state index contributed by atoms with van der Waals surface area (Å²) in [6.07, 6.45) is -6.42. The van der Waals surface area contributed by atoms with Gasteiger partial charge in [0.15, 0.2) is 18.5 Å². The van der Waals surface area contributed by atoms with E-state index in [1.54, 1.807) is 105 Å².